The van der Waals surface area contributed by atoms with Crippen LogP contribution >= 0.6 is 0 Å². The number of pyridine rings is 1. The Bertz CT molecular complexity index is 523. The summed E-state index contributed by atoms with van der Waals surface area (Å²) < 4.78 is 10.1. The van der Waals surface area contributed by atoms with E-state index in [4.69, 9.17) is 9.47 Å². The molecule has 0 N–H and O–H groups in total. The lowest BCUT2D eigenvalue weighted by Gasteiger charge is -2.06. The summed E-state index contributed by atoms with van der Waals surface area (Å²) in [4.78, 5) is 15.1. The fraction of sp³-hybridized carbons (Fsp3) is 0.143. The summed E-state index contributed by atoms with van der Waals surface area (Å²) in [5.74, 6) is 0.712. The first-order valence-corrected chi connectivity index (χ1v) is 5.47. The SMILES string of the molecule is COCOc1ccc(-c2ncccc2C=O)cc1. The zero-order valence-corrected chi connectivity index (χ0v) is 10.00. The number of benzene rings is 1. The summed E-state index contributed by atoms with van der Waals surface area (Å²) in [6, 6.07) is 10.8. The lowest BCUT2D eigenvalue weighted by Crippen LogP contribution is -1.98. The smallest absolute Gasteiger partial charge is 0.188 e. The maximum Gasteiger partial charge on any atom is 0.188 e. The van der Waals surface area contributed by atoms with E-state index < -0.39 is 0 Å². The average Bonchev–Trinajstić information content (AvgIpc) is 2.45. The van der Waals surface area contributed by atoms with Crippen molar-refractivity contribution in [2.75, 3.05) is 13.9 Å². The third-order valence-corrected chi connectivity index (χ3v) is 2.44. The van der Waals surface area contributed by atoms with Gasteiger partial charge in [0.2, 0.25) is 0 Å². The molecule has 0 fully saturated rings. The molecular weight excluding hydrogens is 230 g/mol. The van der Waals surface area contributed by atoms with Crippen molar-refractivity contribution in [1.29, 1.82) is 0 Å². The molecule has 0 radical (unpaired) electrons. The van der Waals surface area contributed by atoms with Crippen LogP contribution in [0.4, 0.5) is 0 Å². The molecule has 1 aromatic carbocycles. The van der Waals surface area contributed by atoms with Crippen molar-refractivity contribution in [1.82, 2.24) is 4.98 Å². The molecule has 0 unspecified atom stereocenters. The number of hydrogen-bond donors (Lipinski definition) is 0. The van der Waals surface area contributed by atoms with Crippen LogP contribution in [-0.4, -0.2) is 25.2 Å². The van der Waals surface area contributed by atoms with Crippen LogP contribution in [0.2, 0.25) is 0 Å². The lowest BCUT2D eigenvalue weighted by atomic mass is 10.1. The zero-order chi connectivity index (χ0) is 12.8. The van der Waals surface area contributed by atoms with Crippen LogP contribution < -0.4 is 4.74 Å². The molecule has 0 saturated carbocycles. The van der Waals surface area contributed by atoms with Crippen LogP contribution in [0.1, 0.15) is 10.4 Å². The van der Waals surface area contributed by atoms with Gasteiger partial charge in [0.1, 0.15) is 5.75 Å². The summed E-state index contributed by atoms with van der Waals surface area (Å²) in [6.45, 7) is 0.211. The van der Waals surface area contributed by atoms with Crippen LogP contribution in [0, 0.1) is 0 Å². The minimum atomic E-state index is 0.211. The second-order valence-electron chi connectivity index (χ2n) is 3.63. The zero-order valence-electron chi connectivity index (χ0n) is 10.00. The molecular formula is C14H13NO3. The van der Waals surface area contributed by atoms with Gasteiger partial charge in [-0.05, 0) is 36.4 Å². The van der Waals surface area contributed by atoms with Crippen molar-refractivity contribution < 1.29 is 14.3 Å². The Labute approximate surface area is 105 Å². The maximum atomic E-state index is 10.9. The molecule has 2 aromatic rings. The van der Waals surface area contributed by atoms with E-state index in [1.807, 2.05) is 24.3 Å². The number of rotatable bonds is 5. The molecule has 0 aliphatic rings. The number of aldehydes is 1. The highest BCUT2D eigenvalue weighted by atomic mass is 16.7. The lowest BCUT2D eigenvalue weighted by molar-refractivity contribution is 0.0511. The fourth-order valence-electron chi connectivity index (χ4n) is 1.59. The molecule has 0 aliphatic carbocycles. The van der Waals surface area contributed by atoms with Crippen LogP contribution in [0.5, 0.6) is 5.75 Å². The number of nitrogens with zero attached hydrogens (tertiary/aromatic N) is 1. The van der Waals surface area contributed by atoms with E-state index in [1.54, 1.807) is 25.4 Å². The molecule has 18 heavy (non-hydrogen) atoms. The van der Waals surface area contributed by atoms with Gasteiger partial charge in [0, 0.05) is 24.4 Å². The van der Waals surface area contributed by atoms with Crippen LogP contribution in [-0.2, 0) is 4.74 Å². The summed E-state index contributed by atoms with van der Waals surface area (Å²) in [6.07, 6.45) is 2.47. The summed E-state index contributed by atoms with van der Waals surface area (Å²) >= 11 is 0. The van der Waals surface area contributed by atoms with E-state index in [0.29, 0.717) is 17.0 Å². The molecule has 4 nitrogen and oxygen atoms in total. The van der Waals surface area contributed by atoms with Gasteiger partial charge in [-0.2, -0.15) is 0 Å². The molecule has 0 aliphatic heterocycles. The Kier molecular flexibility index (Phi) is 4.04. The summed E-state index contributed by atoms with van der Waals surface area (Å²) in [5.41, 5.74) is 2.12. The number of aromatic nitrogens is 1. The van der Waals surface area contributed by atoms with Crippen molar-refractivity contribution >= 4 is 6.29 Å². The number of carbonyl (C=O) groups excluding carboxylic acids is 1. The second kappa shape index (κ2) is 5.93. The molecule has 4 heteroatoms. The van der Waals surface area contributed by atoms with Gasteiger partial charge in [0.05, 0.1) is 5.69 Å². The van der Waals surface area contributed by atoms with Crippen molar-refractivity contribution in [2.24, 2.45) is 0 Å². The van der Waals surface area contributed by atoms with Crippen LogP contribution in [0.3, 0.4) is 0 Å². The highest BCUT2D eigenvalue weighted by Gasteiger charge is 2.05. The van der Waals surface area contributed by atoms with E-state index in [0.717, 1.165) is 11.8 Å². The van der Waals surface area contributed by atoms with Crippen molar-refractivity contribution in [3.05, 3.63) is 48.2 Å². The first kappa shape index (κ1) is 12.3. The second-order valence-corrected chi connectivity index (χ2v) is 3.63. The molecule has 1 aromatic heterocycles. The van der Waals surface area contributed by atoms with E-state index in [9.17, 15) is 4.79 Å². The average molecular weight is 243 g/mol. The normalized spacial score (nSPS) is 10.1. The topological polar surface area (TPSA) is 48.4 Å². The molecule has 0 atom stereocenters. The Morgan fingerprint density at radius 1 is 1.22 bits per heavy atom. The van der Waals surface area contributed by atoms with Gasteiger partial charge in [0.25, 0.3) is 0 Å². The number of hydrogen-bond acceptors (Lipinski definition) is 4. The predicted molar refractivity (Wildman–Crippen MR) is 67.6 cm³/mol. The van der Waals surface area contributed by atoms with Crippen LogP contribution in [0.25, 0.3) is 11.3 Å². The summed E-state index contributed by atoms with van der Waals surface area (Å²) in [5, 5.41) is 0. The molecule has 2 rings (SSSR count). The number of carbonyl (C=O) groups is 1. The molecule has 0 saturated heterocycles. The van der Waals surface area contributed by atoms with Gasteiger partial charge < -0.3 is 9.47 Å². The summed E-state index contributed by atoms with van der Waals surface area (Å²) in [7, 11) is 1.57. The van der Waals surface area contributed by atoms with Crippen molar-refractivity contribution in [3.63, 3.8) is 0 Å². The number of methoxy groups -OCH3 is 1. The maximum absolute atomic E-state index is 10.9. The Hall–Kier alpha value is -2.20. The number of ether oxygens (including phenoxy) is 2. The molecule has 0 spiro atoms. The van der Waals surface area contributed by atoms with Crippen molar-refractivity contribution in [3.8, 4) is 17.0 Å². The third kappa shape index (κ3) is 2.73. The Morgan fingerprint density at radius 2 is 2.00 bits per heavy atom. The van der Waals surface area contributed by atoms with Gasteiger partial charge in [-0.25, -0.2) is 0 Å². The highest BCUT2D eigenvalue weighted by molar-refractivity contribution is 5.85. The van der Waals surface area contributed by atoms with E-state index in [2.05, 4.69) is 4.98 Å². The minimum Gasteiger partial charge on any atom is -0.468 e. The van der Waals surface area contributed by atoms with Gasteiger partial charge in [-0.15, -0.1) is 0 Å². The Morgan fingerprint density at radius 3 is 2.67 bits per heavy atom. The first-order valence-electron chi connectivity index (χ1n) is 5.47. The largest absolute Gasteiger partial charge is 0.468 e. The third-order valence-electron chi connectivity index (χ3n) is 2.44. The van der Waals surface area contributed by atoms with E-state index >= 15 is 0 Å². The highest BCUT2D eigenvalue weighted by Crippen LogP contribution is 2.22. The molecule has 92 valence electrons. The van der Waals surface area contributed by atoms with Crippen LogP contribution in [0.15, 0.2) is 42.6 Å². The van der Waals surface area contributed by atoms with Gasteiger partial charge in [-0.3, -0.25) is 9.78 Å². The van der Waals surface area contributed by atoms with E-state index in [1.165, 1.54) is 0 Å². The quantitative estimate of drug-likeness (QED) is 0.598. The van der Waals surface area contributed by atoms with Gasteiger partial charge >= 0.3 is 0 Å². The fourth-order valence-corrected chi connectivity index (χ4v) is 1.59. The van der Waals surface area contributed by atoms with Gasteiger partial charge in [0.15, 0.2) is 13.1 Å². The first-order chi connectivity index (χ1) is 8.85. The van der Waals surface area contributed by atoms with Crippen molar-refractivity contribution in [2.45, 2.75) is 0 Å². The standard InChI is InChI=1S/C14H13NO3/c1-17-10-18-13-6-4-11(5-7-13)14-12(9-16)3-2-8-15-14/h2-9H,10H2,1H3. The predicted octanol–water partition coefficient (Wildman–Crippen LogP) is 2.54. The minimum absolute atomic E-state index is 0.211. The molecule has 0 amide bonds. The molecule has 0 bridgehead atoms. The van der Waals surface area contributed by atoms with E-state index in [-0.39, 0.29) is 6.79 Å². The Balaban J connectivity index is 2.26. The van der Waals surface area contributed by atoms with Gasteiger partial charge in [-0.1, -0.05) is 0 Å². The molecule has 1 heterocycles. The monoisotopic (exact) mass is 243 g/mol.